The Bertz CT molecular complexity index is 771. The van der Waals surface area contributed by atoms with E-state index in [0.29, 0.717) is 18.0 Å². The highest BCUT2D eigenvalue weighted by molar-refractivity contribution is 5.97. The normalized spacial score (nSPS) is 19.5. The van der Waals surface area contributed by atoms with Gasteiger partial charge in [-0.15, -0.1) is 5.06 Å². The summed E-state index contributed by atoms with van der Waals surface area (Å²) in [5.74, 6) is -0.364. The van der Waals surface area contributed by atoms with Crippen LogP contribution in [0.5, 0.6) is 0 Å². The molecule has 166 valence electrons. The maximum Gasteiger partial charge on any atom is 0.330 e. The van der Waals surface area contributed by atoms with E-state index in [2.05, 4.69) is 26.1 Å². The van der Waals surface area contributed by atoms with Crippen LogP contribution in [-0.2, 0) is 20.8 Å². The van der Waals surface area contributed by atoms with Crippen LogP contribution in [0.1, 0.15) is 101 Å². The third-order valence-corrected chi connectivity index (χ3v) is 6.32. The van der Waals surface area contributed by atoms with Gasteiger partial charge >= 0.3 is 5.97 Å². The number of amides is 1. The minimum Gasteiger partial charge on any atom is -0.387 e. The standard InChI is InChI=1S/C24H36N2O4/c1-5-21(25-15(2)3)24(29)20-12-11-18(17-9-7-6-8-10-17)23-19(20)13-14-22(28)26(23)30-16(4)27/h11-12,15,17,21,24-25,29H,5-10,13-14H2,1-4H3. The number of nitrogens with one attached hydrogen (secondary N) is 1. The quantitative estimate of drug-likeness (QED) is 0.693. The molecule has 1 heterocycles. The first-order chi connectivity index (χ1) is 14.3. The molecule has 1 saturated carbocycles. The molecule has 30 heavy (non-hydrogen) atoms. The molecule has 1 aromatic carbocycles. The molecule has 1 aliphatic carbocycles. The molecule has 2 N–H and O–H groups in total. The fraction of sp³-hybridized carbons (Fsp3) is 0.667. The molecule has 6 nitrogen and oxygen atoms in total. The van der Waals surface area contributed by atoms with Gasteiger partial charge in [0, 0.05) is 25.4 Å². The van der Waals surface area contributed by atoms with Crippen LogP contribution in [-0.4, -0.2) is 29.1 Å². The first-order valence-corrected chi connectivity index (χ1v) is 11.4. The average Bonchev–Trinajstić information content (AvgIpc) is 2.73. The van der Waals surface area contributed by atoms with Crippen LogP contribution >= 0.6 is 0 Å². The largest absolute Gasteiger partial charge is 0.387 e. The van der Waals surface area contributed by atoms with Gasteiger partial charge in [-0.1, -0.05) is 52.2 Å². The van der Waals surface area contributed by atoms with E-state index in [9.17, 15) is 14.7 Å². The number of nitrogens with zero attached hydrogens (tertiary/aromatic N) is 1. The van der Waals surface area contributed by atoms with Crippen LogP contribution in [0.4, 0.5) is 5.69 Å². The van der Waals surface area contributed by atoms with Gasteiger partial charge < -0.3 is 15.3 Å². The lowest BCUT2D eigenvalue weighted by molar-refractivity contribution is -0.148. The fourth-order valence-corrected chi connectivity index (χ4v) is 4.95. The summed E-state index contributed by atoms with van der Waals surface area (Å²) in [5, 5.41) is 15.9. The topological polar surface area (TPSA) is 78.9 Å². The lowest BCUT2D eigenvalue weighted by atomic mass is 9.79. The van der Waals surface area contributed by atoms with Gasteiger partial charge in [0.05, 0.1) is 11.8 Å². The van der Waals surface area contributed by atoms with Crippen molar-refractivity contribution < 1.29 is 19.5 Å². The Morgan fingerprint density at radius 1 is 1.23 bits per heavy atom. The Balaban J connectivity index is 2.09. The second kappa shape index (κ2) is 9.92. The van der Waals surface area contributed by atoms with Crippen LogP contribution in [0.3, 0.4) is 0 Å². The molecular formula is C24H36N2O4. The Hall–Kier alpha value is -1.92. The molecule has 3 rings (SSSR count). The second-order valence-electron chi connectivity index (χ2n) is 8.96. The van der Waals surface area contributed by atoms with Gasteiger partial charge in [-0.25, -0.2) is 4.79 Å². The number of rotatable bonds is 7. The fourth-order valence-electron chi connectivity index (χ4n) is 4.95. The molecule has 0 bridgehead atoms. The maximum atomic E-state index is 12.7. The van der Waals surface area contributed by atoms with Gasteiger partial charge in [-0.2, -0.15) is 0 Å². The zero-order chi connectivity index (χ0) is 21.8. The number of benzene rings is 1. The average molecular weight is 417 g/mol. The van der Waals surface area contributed by atoms with Crippen LogP contribution in [0.25, 0.3) is 0 Å². The van der Waals surface area contributed by atoms with Crippen molar-refractivity contribution in [2.24, 2.45) is 0 Å². The van der Waals surface area contributed by atoms with Crippen molar-refractivity contribution in [2.75, 3.05) is 5.06 Å². The number of carbonyl (C=O) groups is 2. The van der Waals surface area contributed by atoms with Crippen molar-refractivity contribution >= 4 is 17.6 Å². The van der Waals surface area contributed by atoms with Gasteiger partial charge in [-0.05, 0) is 48.3 Å². The van der Waals surface area contributed by atoms with Crippen molar-refractivity contribution in [1.29, 1.82) is 0 Å². The molecule has 1 fully saturated rings. The summed E-state index contributed by atoms with van der Waals surface area (Å²) in [6.45, 7) is 7.51. The minimum absolute atomic E-state index is 0.0885. The molecule has 1 amide bonds. The highest BCUT2D eigenvalue weighted by Crippen LogP contribution is 2.44. The van der Waals surface area contributed by atoms with Crippen molar-refractivity contribution in [3.8, 4) is 0 Å². The summed E-state index contributed by atoms with van der Waals surface area (Å²) in [4.78, 5) is 29.9. The summed E-state index contributed by atoms with van der Waals surface area (Å²) in [5.41, 5.74) is 3.54. The summed E-state index contributed by atoms with van der Waals surface area (Å²) < 4.78 is 0. The highest BCUT2D eigenvalue weighted by Gasteiger charge is 2.35. The lowest BCUT2D eigenvalue weighted by Crippen LogP contribution is -2.41. The number of aliphatic hydroxyl groups is 1. The number of hydroxylamine groups is 1. The first-order valence-electron chi connectivity index (χ1n) is 11.4. The van der Waals surface area contributed by atoms with Crippen LogP contribution in [0.2, 0.25) is 0 Å². The zero-order valence-corrected chi connectivity index (χ0v) is 18.7. The molecule has 1 aliphatic heterocycles. The van der Waals surface area contributed by atoms with E-state index < -0.39 is 12.1 Å². The van der Waals surface area contributed by atoms with E-state index in [1.807, 2.05) is 12.1 Å². The van der Waals surface area contributed by atoms with Crippen molar-refractivity contribution in [3.63, 3.8) is 0 Å². The summed E-state index contributed by atoms with van der Waals surface area (Å²) in [7, 11) is 0. The summed E-state index contributed by atoms with van der Waals surface area (Å²) in [6, 6.07) is 4.24. The lowest BCUT2D eigenvalue weighted by Gasteiger charge is -2.35. The van der Waals surface area contributed by atoms with Crippen LogP contribution in [0, 0.1) is 0 Å². The number of hydrogen-bond acceptors (Lipinski definition) is 5. The predicted molar refractivity (Wildman–Crippen MR) is 117 cm³/mol. The van der Waals surface area contributed by atoms with E-state index in [1.165, 1.54) is 31.2 Å². The molecule has 2 unspecified atom stereocenters. The highest BCUT2D eigenvalue weighted by atomic mass is 16.7. The van der Waals surface area contributed by atoms with Crippen molar-refractivity contribution in [2.45, 2.75) is 103 Å². The third kappa shape index (κ3) is 4.86. The van der Waals surface area contributed by atoms with E-state index in [-0.39, 0.29) is 24.4 Å². The Morgan fingerprint density at radius 2 is 1.93 bits per heavy atom. The number of hydrogen-bond donors (Lipinski definition) is 2. The van der Waals surface area contributed by atoms with E-state index >= 15 is 0 Å². The molecule has 6 heteroatoms. The van der Waals surface area contributed by atoms with Gasteiger partial charge in [-0.3, -0.25) is 4.79 Å². The predicted octanol–water partition coefficient (Wildman–Crippen LogP) is 4.30. The first kappa shape index (κ1) is 22.8. The smallest absolute Gasteiger partial charge is 0.330 e. The second-order valence-corrected chi connectivity index (χ2v) is 8.96. The molecule has 0 spiro atoms. The number of aliphatic hydroxyl groups excluding tert-OH is 1. The molecule has 2 atom stereocenters. The Kier molecular flexibility index (Phi) is 7.53. The number of carbonyl (C=O) groups excluding carboxylic acids is 2. The van der Waals surface area contributed by atoms with Crippen LogP contribution < -0.4 is 10.4 Å². The monoisotopic (exact) mass is 416 g/mol. The maximum absolute atomic E-state index is 12.7. The summed E-state index contributed by atoms with van der Waals surface area (Å²) in [6.07, 6.45) is 6.62. The molecule has 0 saturated heterocycles. The van der Waals surface area contributed by atoms with Gasteiger partial charge in [0.15, 0.2) is 0 Å². The number of fused-ring (bicyclic) bond motifs is 1. The van der Waals surface area contributed by atoms with Gasteiger partial charge in [0.2, 0.25) is 0 Å². The van der Waals surface area contributed by atoms with Crippen LogP contribution in [0.15, 0.2) is 12.1 Å². The van der Waals surface area contributed by atoms with E-state index in [1.54, 1.807) is 0 Å². The number of anilines is 1. The Morgan fingerprint density at radius 3 is 2.53 bits per heavy atom. The zero-order valence-electron chi connectivity index (χ0n) is 18.7. The molecular weight excluding hydrogens is 380 g/mol. The minimum atomic E-state index is -0.695. The molecule has 1 aromatic rings. The van der Waals surface area contributed by atoms with Crippen molar-refractivity contribution in [1.82, 2.24) is 5.32 Å². The Labute approximate surface area is 179 Å². The van der Waals surface area contributed by atoms with Gasteiger partial charge in [0.1, 0.15) is 0 Å². The SMILES string of the molecule is CCC(NC(C)C)C(O)c1ccc(C2CCCCC2)c2c1CCC(=O)N2OC(C)=O. The molecule has 0 radical (unpaired) electrons. The van der Waals surface area contributed by atoms with E-state index in [0.717, 1.165) is 36.0 Å². The van der Waals surface area contributed by atoms with Gasteiger partial charge in [0.25, 0.3) is 5.91 Å². The third-order valence-electron chi connectivity index (χ3n) is 6.32. The van der Waals surface area contributed by atoms with Crippen molar-refractivity contribution in [3.05, 3.63) is 28.8 Å². The molecule has 2 aliphatic rings. The van der Waals surface area contributed by atoms with E-state index in [4.69, 9.17) is 4.84 Å². The molecule has 0 aromatic heterocycles. The summed E-state index contributed by atoms with van der Waals surface area (Å²) >= 11 is 0.